The molecule has 0 saturated carbocycles. The van der Waals surface area contributed by atoms with Crippen molar-refractivity contribution in [3.8, 4) is 0 Å². The van der Waals surface area contributed by atoms with E-state index < -0.39 is 92.6 Å². The molecule has 0 aromatic carbocycles. The maximum absolute atomic E-state index is 13.2. The molecule has 338 valence electrons. The molecule has 14 nitrogen and oxygen atoms in total. The van der Waals surface area contributed by atoms with Crippen molar-refractivity contribution in [2.24, 2.45) is 0 Å². The lowest BCUT2D eigenvalue weighted by Gasteiger charge is -2.44. The first-order chi connectivity index (χ1) is 27.9. The van der Waals surface area contributed by atoms with Gasteiger partial charge < -0.3 is 43.4 Å². The Bertz CT molecular complexity index is 1120. The smallest absolute Gasteiger partial charge is 0.306 e. The first-order valence-electron chi connectivity index (χ1n) is 22.4. The zero-order chi connectivity index (χ0) is 43.0. The number of ether oxygens (including phenoxy) is 7. The predicted octanol–water partition coefficient (Wildman–Crippen LogP) is 7.73. The predicted molar refractivity (Wildman–Crippen MR) is 217 cm³/mol. The number of unbranched alkanes of at least 4 members (excludes halogenated alkanes) is 18. The van der Waals surface area contributed by atoms with E-state index >= 15 is 0 Å². The molecule has 1 rings (SSSR count). The van der Waals surface area contributed by atoms with Gasteiger partial charge in [-0.15, -0.1) is 0 Å². The Balaban J connectivity index is 2.98. The fourth-order valence-electron chi connectivity index (χ4n) is 6.71. The van der Waals surface area contributed by atoms with E-state index in [1.165, 1.54) is 51.9 Å². The Morgan fingerprint density at radius 2 is 0.897 bits per heavy atom. The summed E-state index contributed by atoms with van der Waals surface area (Å²) in [5, 5.41) is 21.5. The van der Waals surface area contributed by atoms with Crippen LogP contribution in [0.3, 0.4) is 0 Å². The maximum atomic E-state index is 13.2. The van der Waals surface area contributed by atoms with Gasteiger partial charge in [0.25, 0.3) is 0 Å². The molecule has 0 spiro atoms. The minimum Gasteiger partial charge on any atom is -0.463 e. The van der Waals surface area contributed by atoms with E-state index in [2.05, 4.69) is 20.8 Å². The van der Waals surface area contributed by atoms with Gasteiger partial charge in [-0.2, -0.15) is 0 Å². The molecule has 1 aliphatic heterocycles. The van der Waals surface area contributed by atoms with Crippen LogP contribution in [0, 0.1) is 0 Å². The first-order valence-corrected chi connectivity index (χ1v) is 22.4. The Hall–Kier alpha value is -2.81. The summed E-state index contributed by atoms with van der Waals surface area (Å²) < 4.78 is 39.7. The van der Waals surface area contributed by atoms with Crippen LogP contribution < -0.4 is 0 Å². The van der Waals surface area contributed by atoms with Crippen LogP contribution in [-0.4, -0.2) is 103 Å². The molecule has 7 atom stereocenters. The molecule has 58 heavy (non-hydrogen) atoms. The van der Waals surface area contributed by atoms with E-state index in [4.69, 9.17) is 33.2 Å². The zero-order valence-electron chi connectivity index (χ0n) is 36.4. The highest BCUT2D eigenvalue weighted by molar-refractivity contribution is 5.71. The number of esters is 5. The van der Waals surface area contributed by atoms with Crippen molar-refractivity contribution < 1.29 is 67.3 Å². The number of aliphatic hydroxyl groups excluding tert-OH is 2. The standard InChI is InChI=1S/C44H78O14/c1-6-9-12-15-16-17-18-19-20-23-24-27-38(49)53-30-35(47)36(48)31-54-44-43(58-40(51)29-26-22-14-11-8-3)42(57-39(50)28-25-21-13-10-7-2)41(55-34(5)46)37(56-44)32-52-33(4)45/h35-37,41-44,47-48H,6-32H2,1-5H3/t35-,36+,37+,41+,42-,43-,44+/m0/s1. The third-order valence-electron chi connectivity index (χ3n) is 10.1. The SMILES string of the molecule is CCCCCCCCCCCCCC(=O)OC[C@H](O)[C@H](O)CO[C@@H]1O[C@H](COC(C)=O)[C@@H](OC(C)=O)[C@H](OC(=O)CCCCCCC)[C@@H]1OC(=O)CCCCCCC. The third-order valence-corrected chi connectivity index (χ3v) is 10.1. The van der Waals surface area contributed by atoms with Gasteiger partial charge in [0, 0.05) is 33.1 Å². The van der Waals surface area contributed by atoms with Crippen molar-refractivity contribution in [1.82, 2.24) is 0 Å². The molecule has 1 fully saturated rings. The van der Waals surface area contributed by atoms with Crippen LogP contribution in [-0.2, 0) is 57.1 Å². The second-order valence-corrected chi connectivity index (χ2v) is 15.6. The van der Waals surface area contributed by atoms with Crippen molar-refractivity contribution in [2.75, 3.05) is 19.8 Å². The fourth-order valence-corrected chi connectivity index (χ4v) is 6.71. The van der Waals surface area contributed by atoms with Gasteiger partial charge in [0.15, 0.2) is 24.6 Å². The monoisotopic (exact) mass is 831 g/mol. The third kappa shape index (κ3) is 25.6. The number of carbonyl (C=O) groups is 5. The fraction of sp³-hybridized carbons (Fsp3) is 0.886. The summed E-state index contributed by atoms with van der Waals surface area (Å²) in [5.41, 5.74) is 0. The number of aliphatic hydroxyl groups is 2. The molecular formula is C44H78O14. The Morgan fingerprint density at radius 3 is 1.34 bits per heavy atom. The van der Waals surface area contributed by atoms with Gasteiger partial charge in [-0.1, -0.05) is 136 Å². The second kappa shape index (κ2) is 34.0. The Kier molecular flexibility index (Phi) is 31.2. The summed E-state index contributed by atoms with van der Waals surface area (Å²) in [7, 11) is 0. The summed E-state index contributed by atoms with van der Waals surface area (Å²) in [4.78, 5) is 63.0. The lowest BCUT2D eigenvalue weighted by atomic mass is 9.97. The molecule has 0 aliphatic carbocycles. The normalized spacial score (nSPS) is 20.2. The molecule has 1 heterocycles. The van der Waals surface area contributed by atoms with Crippen molar-refractivity contribution in [3.63, 3.8) is 0 Å². The molecule has 2 N–H and O–H groups in total. The topological polar surface area (TPSA) is 190 Å². The van der Waals surface area contributed by atoms with Gasteiger partial charge in [-0.25, -0.2) is 0 Å². The highest BCUT2D eigenvalue weighted by Crippen LogP contribution is 2.31. The van der Waals surface area contributed by atoms with Crippen LogP contribution in [0.25, 0.3) is 0 Å². The lowest BCUT2D eigenvalue weighted by molar-refractivity contribution is -0.313. The molecule has 0 amide bonds. The average Bonchev–Trinajstić information content (AvgIpc) is 3.18. The van der Waals surface area contributed by atoms with Crippen LogP contribution in [0.4, 0.5) is 0 Å². The minimum absolute atomic E-state index is 0.0477. The Labute approximate surface area is 348 Å². The minimum atomic E-state index is -1.57. The largest absolute Gasteiger partial charge is 0.463 e. The molecule has 0 aromatic rings. The molecule has 14 heteroatoms. The number of hydrogen-bond acceptors (Lipinski definition) is 14. The summed E-state index contributed by atoms with van der Waals surface area (Å²) >= 11 is 0. The highest BCUT2D eigenvalue weighted by atomic mass is 16.7. The highest BCUT2D eigenvalue weighted by Gasteiger charge is 2.53. The van der Waals surface area contributed by atoms with Crippen LogP contribution in [0.1, 0.15) is 189 Å². The summed E-state index contributed by atoms with van der Waals surface area (Å²) in [6.07, 6.45) is 11.5. The van der Waals surface area contributed by atoms with E-state index in [0.29, 0.717) is 19.3 Å². The summed E-state index contributed by atoms with van der Waals surface area (Å²) in [6, 6.07) is 0. The molecule has 0 unspecified atom stereocenters. The van der Waals surface area contributed by atoms with E-state index in [1.807, 2.05) is 0 Å². The first kappa shape index (κ1) is 53.2. The van der Waals surface area contributed by atoms with E-state index in [0.717, 1.165) is 77.6 Å². The van der Waals surface area contributed by atoms with Gasteiger partial charge in [-0.05, 0) is 19.3 Å². The van der Waals surface area contributed by atoms with Crippen LogP contribution in [0.2, 0.25) is 0 Å². The van der Waals surface area contributed by atoms with Gasteiger partial charge in [0.05, 0.1) is 6.61 Å². The van der Waals surface area contributed by atoms with Crippen molar-refractivity contribution in [2.45, 2.75) is 232 Å². The van der Waals surface area contributed by atoms with Crippen LogP contribution in [0.5, 0.6) is 0 Å². The van der Waals surface area contributed by atoms with Gasteiger partial charge in [0.1, 0.15) is 31.5 Å². The molecule has 0 radical (unpaired) electrons. The molecule has 1 aliphatic rings. The lowest BCUT2D eigenvalue weighted by Crippen LogP contribution is -2.63. The summed E-state index contributed by atoms with van der Waals surface area (Å²) in [6.45, 7) is 7.22. The molecular weight excluding hydrogens is 752 g/mol. The van der Waals surface area contributed by atoms with Gasteiger partial charge >= 0.3 is 29.8 Å². The molecule has 1 saturated heterocycles. The summed E-state index contributed by atoms with van der Waals surface area (Å²) in [5.74, 6) is -3.16. The van der Waals surface area contributed by atoms with Crippen molar-refractivity contribution in [1.29, 1.82) is 0 Å². The van der Waals surface area contributed by atoms with Gasteiger partial charge in [-0.3, -0.25) is 24.0 Å². The van der Waals surface area contributed by atoms with Crippen LogP contribution >= 0.6 is 0 Å². The molecule has 0 aromatic heterocycles. The quantitative estimate of drug-likeness (QED) is 0.0358. The van der Waals surface area contributed by atoms with E-state index in [1.54, 1.807) is 0 Å². The van der Waals surface area contributed by atoms with E-state index in [-0.39, 0.29) is 19.3 Å². The number of hydrogen-bond donors (Lipinski definition) is 2. The Morgan fingerprint density at radius 1 is 0.483 bits per heavy atom. The zero-order valence-corrected chi connectivity index (χ0v) is 36.4. The van der Waals surface area contributed by atoms with Crippen molar-refractivity contribution in [3.05, 3.63) is 0 Å². The number of carbonyl (C=O) groups excluding carboxylic acids is 5. The van der Waals surface area contributed by atoms with Crippen LogP contribution in [0.15, 0.2) is 0 Å². The van der Waals surface area contributed by atoms with Crippen molar-refractivity contribution >= 4 is 29.8 Å². The second-order valence-electron chi connectivity index (χ2n) is 15.6. The molecule has 0 bridgehead atoms. The number of rotatable bonds is 35. The maximum Gasteiger partial charge on any atom is 0.306 e. The average molecular weight is 831 g/mol. The van der Waals surface area contributed by atoms with E-state index in [9.17, 15) is 34.2 Å². The van der Waals surface area contributed by atoms with Gasteiger partial charge in [0.2, 0.25) is 0 Å².